The van der Waals surface area contributed by atoms with Crippen LogP contribution in [0.5, 0.6) is 5.75 Å². The SMILES string of the molecule is CCO[C@H]1CNC[C@@]1(Nc1c(C)nc(-c2ccc(OC)cc2Cl)n(C)c1=O)c1ccccn1. The van der Waals surface area contributed by atoms with Crippen LogP contribution in [0.25, 0.3) is 11.4 Å². The molecule has 1 aliphatic rings. The van der Waals surface area contributed by atoms with Gasteiger partial charge in [-0.2, -0.15) is 0 Å². The zero-order valence-corrected chi connectivity index (χ0v) is 19.9. The summed E-state index contributed by atoms with van der Waals surface area (Å²) in [5.74, 6) is 1.12. The molecule has 0 spiro atoms. The molecular weight excluding hydrogens is 442 g/mol. The van der Waals surface area contributed by atoms with Crippen LogP contribution in [-0.4, -0.2) is 47.4 Å². The van der Waals surface area contributed by atoms with Crippen molar-refractivity contribution in [2.24, 2.45) is 7.05 Å². The lowest BCUT2D eigenvalue weighted by Crippen LogP contribution is -2.49. The first-order chi connectivity index (χ1) is 15.9. The van der Waals surface area contributed by atoms with Gasteiger partial charge in [-0.1, -0.05) is 17.7 Å². The van der Waals surface area contributed by atoms with E-state index in [9.17, 15) is 4.79 Å². The fourth-order valence-corrected chi connectivity index (χ4v) is 4.54. The maximum atomic E-state index is 13.6. The largest absolute Gasteiger partial charge is 0.497 e. The molecule has 9 heteroatoms. The van der Waals surface area contributed by atoms with Gasteiger partial charge >= 0.3 is 0 Å². The van der Waals surface area contributed by atoms with E-state index in [1.54, 1.807) is 38.6 Å². The molecule has 3 aromatic rings. The van der Waals surface area contributed by atoms with Crippen LogP contribution >= 0.6 is 11.6 Å². The molecule has 4 rings (SSSR count). The van der Waals surface area contributed by atoms with Crippen LogP contribution in [0, 0.1) is 6.92 Å². The second-order valence-electron chi connectivity index (χ2n) is 7.99. The van der Waals surface area contributed by atoms with E-state index in [4.69, 9.17) is 26.1 Å². The Morgan fingerprint density at radius 2 is 2.15 bits per heavy atom. The average Bonchev–Trinajstić information content (AvgIpc) is 3.23. The molecule has 2 N–H and O–H groups in total. The minimum atomic E-state index is -0.713. The van der Waals surface area contributed by atoms with E-state index in [1.165, 1.54) is 4.57 Å². The van der Waals surface area contributed by atoms with Gasteiger partial charge in [0.05, 0.1) is 29.6 Å². The Balaban J connectivity index is 1.81. The number of aromatic nitrogens is 3. The highest BCUT2D eigenvalue weighted by Crippen LogP contribution is 2.34. The third-order valence-corrected chi connectivity index (χ3v) is 6.32. The van der Waals surface area contributed by atoms with Gasteiger partial charge in [-0.25, -0.2) is 4.98 Å². The van der Waals surface area contributed by atoms with Crippen molar-refractivity contribution in [3.05, 3.63) is 69.4 Å². The fraction of sp³-hybridized carbons (Fsp3) is 0.375. The number of hydrogen-bond acceptors (Lipinski definition) is 7. The topological polar surface area (TPSA) is 90.3 Å². The van der Waals surface area contributed by atoms with Gasteiger partial charge in [0.15, 0.2) is 0 Å². The number of benzene rings is 1. The van der Waals surface area contributed by atoms with Crippen molar-refractivity contribution in [3.63, 3.8) is 0 Å². The van der Waals surface area contributed by atoms with E-state index in [2.05, 4.69) is 15.6 Å². The van der Waals surface area contributed by atoms with E-state index in [1.807, 2.05) is 32.0 Å². The Bertz CT molecular complexity index is 1200. The fourth-order valence-electron chi connectivity index (χ4n) is 4.28. The molecule has 1 fully saturated rings. The van der Waals surface area contributed by atoms with Gasteiger partial charge in [0.1, 0.15) is 22.8 Å². The average molecular weight is 470 g/mol. The number of hydrogen-bond donors (Lipinski definition) is 2. The minimum Gasteiger partial charge on any atom is -0.497 e. The van der Waals surface area contributed by atoms with E-state index >= 15 is 0 Å². The Labute approximate surface area is 197 Å². The molecule has 0 saturated carbocycles. The zero-order chi connectivity index (χ0) is 23.6. The molecule has 1 aromatic carbocycles. The monoisotopic (exact) mass is 469 g/mol. The van der Waals surface area contributed by atoms with Crippen molar-refractivity contribution in [1.29, 1.82) is 0 Å². The van der Waals surface area contributed by atoms with Gasteiger partial charge in [0.2, 0.25) is 0 Å². The number of methoxy groups -OCH3 is 1. The first kappa shape index (κ1) is 23.2. The van der Waals surface area contributed by atoms with Crippen molar-refractivity contribution >= 4 is 17.3 Å². The van der Waals surface area contributed by atoms with Crippen LogP contribution in [0.4, 0.5) is 5.69 Å². The molecule has 3 heterocycles. The molecule has 0 amide bonds. The molecule has 8 nitrogen and oxygen atoms in total. The lowest BCUT2D eigenvalue weighted by Gasteiger charge is -2.36. The van der Waals surface area contributed by atoms with Gasteiger partial charge in [0.25, 0.3) is 5.56 Å². The number of aryl methyl sites for hydroxylation is 1. The molecule has 174 valence electrons. The van der Waals surface area contributed by atoms with Crippen LogP contribution in [0.2, 0.25) is 5.02 Å². The summed E-state index contributed by atoms with van der Waals surface area (Å²) >= 11 is 6.47. The zero-order valence-electron chi connectivity index (χ0n) is 19.2. The number of rotatable bonds is 7. The quantitative estimate of drug-likeness (QED) is 0.549. The van der Waals surface area contributed by atoms with Crippen molar-refractivity contribution in [2.75, 3.05) is 32.1 Å². The number of halogens is 1. The second kappa shape index (κ2) is 9.51. The van der Waals surface area contributed by atoms with E-state index in [-0.39, 0.29) is 11.7 Å². The maximum absolute atomic E-state index is 13.6. The van der Waals surface area contributed by atoms with E-state index < -0.39 is 5.54 Å². The lowest BCUT2D eigenvalue weighted by molar-refractivity contribution is 0.0384. The van der Waals surface area contributed by atoms with Crippen LogP contribution in [0.1, 0.15) is 18.3 Å². The van der Waals surface area contributed by atoms with Crippen molar-refractivity contribution in [1.82, 2.24) is 19.9 Å². The summed E-state index contributed by atoms with van der Waals surface area (Å²) in [6.45, 7) is 5.52. The predicted octanol–water partition coefficient (Wildman–Crippen LogP) is 3.13. The van der Waals surface area contributed by atoms with Crippen LogP contribution in [-0.2, 0) is 17.3 Å². The number of ether oxygens (including phenoxy) is 2. The minimum absolute atomic E-state index is 0.207. The number of nitrogens with zero attached hydrogens (tertiary/aromatic N) is 3. The third kappa shape index (κ3) is 4.21. The summed E-state index contributed by atoms with van der Waals surface area (Å²) in [7, 11) is 3.27. The third-order valence-electron chi connectivity index (χ3n) is 6.01. The van der Waals surface area contributed by atoms with Gasteiger partial charge in [-0.05, 0) is 44.2 Å². The van der Waals surface area contributed by atoms with Crippen molar-refractivity contribution in [3.8, 4) is 17.1 Å². The second-order valence-corrected chi connectivity index (χ2v) is 8.40. The van der Waals surface area contributed by atoms with Crippen molar-refractivity contribution < 1.29 is 9.47 Å². The Morgan fingerprint density at radius 3 is 2.82 bits per heavy atom. The molecule has 0 radical (unpaired) electrons. The highest BCUT2D eigenvalue weighted by molar-refractivity contribution is 6.33. The van der Waals surface area contributed by atoms with Gasteiger partial charge in [0, 0.05) is 38.5 Å². The van der Waals surface area contributed by atoms with Gasteiger partial charge < -0.3 is 20.1 Å². The molecule has 2 atom stereocenters. The first-order valence-electron chi connectivity index (χ1n) is 10.8. The lowest BCUT2D eigenvalue weighted by atomic mass is 9.90. The first-order valence-corrected chi connectivity index (χ1v) is 11.2. The van der Waals surface area contributed by atoms with E-state index in [0.717, 1.165) is 5.69 Å². The molecule has 33 heavy (non-hydrogen) atoms. The molecule has 1 aliphatic heterocycles. The van der Waals surface area contributed by atoms with Crippen LogP contribution in [0.3, 0.4) is 0 Å². The predicted molar refractivity (Wildman–Crippen MR) is 129 cm³/mol. The number of anilines is 1. The Kier molecular flexibility index (Phi) is 6.69. The van der Waals surface area contributed by atoms with E-state index in [0.29, 0.717) is 53.2 Å². The Morgan fingerprint density at radius 1 is 1.33 bits per heavy atom. The van der Waals surface area contributed by atoms with Crippen molar-refractivity contribution in [2.45, 2.75) is 25.5 Å². The Hall–Kier alpha value is -2.94. The van der Waals surface area contributed by atoms with Gasteiger partial charge in [-0.15, -0.1) is 0 Å². The van der Waals surface area contributed by atoms with Crippen LogP contribution in [0.15, 0.2) is 47.4 Å². The smallest absolute Gasteiger partial charge is 0.277 e. The highest BCUT2D eigenvalue weighted by Gasteiger charge is 2.47. The summed E-state index contributed by atoms with van der Waals surface area (Å²) < 4.78 is 12.8. The number of nitrogens with one attached hydrogen (secondary N) is 2. The number of pyridine rings is 1. The molecular formula is C24H28ClN5O3. The summed E-state index contributed by atoms with van der Waals surface area (Å²) in [6, 6.07) is 11.1. The standard InChI is InChI=1S/C24H28ClN5O3/c1-5-33-20-13-26-14-24(20,19-8-6-7-11-27-19)29-21-15(2)28-22(30(3)23(21)31)17-10-9-16(32-4)12-18(17)25/h6-12,20,26,29H,5,13-14H2,1-4H3/t20-,24+/m0/s1. The summed E-state index contributed by atoms with van der Waals surface area (Å²) in [4.78, 5) is 22.9. The molecule has 0 bridgehead atoms. The normalized spacial score (nSPS) is 20.1. The van der Waals surface area contributed by atoms with Gasteiger partial charge in [-0.3, -0.25) is 14.3 Å². The molecule has 0 unspecified atom stereocenters. The summed E-state index contributed by atoms with van der Waals surface area (Å²) in [6.07, 6.45) is 1.54. The molecule has 0 aliphatic carbocycles. The van der Waals surface area contributed by atoms with Crippen LogP contribution < -0.4 is 20.9 Å². The molecule has 2 aromatic heterocycles. The summed E-state index contributed by atoms with van der Waals surface area (Å²) in [5.41, 5.74) is 1.51. The molecule has 1 saturated heterocycles. The highest BCUT2D eigenvalue weighted by atomic mass is 35.5. The summed E-state index contributed by atoms with van der Waals surface area (Å²) in [5, 5.41) is 7.34. The maximum Gasteiger partial charge on any atom is 0.277 e.